The molecule has 2 aromatic carbocycles. The van der Waals surface area contributed by atoms with Gasteiger partial charge < -0.3 is 15.0 Å². The van der Waals surface area contributed by atoms with Crippen molar-refractivity contribution in [3.05, 3.63) is 66.4 Å². The maximum absolute atomic E-state index is 5.86. The van der Waals surface area contributed by atoms with Crippen molar-refractivity contribution in [2.45, 2.75) is 46.4 Å². The Morgan fingerprint density at radius 1 is 0.964 bits per heavy atom. The number of para-hydroxylation sites is 2. The van der Waals surface area contributed by atoms with Gasteiger partial charge in [0.2, 0.25) is 5.95 Å². The lowest BCUT2D eigenvalue weighted by Crippen LogP contribution is -2.31. The van der Waals surface area contributed by atoms with Gasteiger partial charge in [0.15, 0.2) is 5.82 Å². The lowest BCUT2D eigenvalue weighted by atomic mass is 10.2. The monoisotopic (exact) mass is 377 g/mol. The Balaban J connectivity index is 1.83. The highest BCUT2D eigenvalue weighted by Gasteiger charge is 2.15. The number of nitrogens with zero attached hydrogens (tertiary/aromatic N) is 4. The summed E-state index contributed by atoms with van der Waals surface area (Å²) >= 11 is 0. The van der Waals surface area contributed by atoms with Gasteiger partial charge >= 0.3 is 0 Å². The van der Waals surface area contributed by atoms with Gasteiger partial charge in [-0.1, -0.05) is 42.5 Å². The number of hydrogen-bond donors (Lipinski definition) is 1. The predicted molar refractivity (Wildman–Crippen MR) is 113 cm³/mol. The standard InChI is InChI=1S/C22H27N5O/c1-16(2)27(15-18-10-6-5-7-11-18)21-14-23-26-22(25-21)24-19-12-8-9-13-20(19)28-17(3)4/h5-14,16-17H,15H2,1-4H3,(H,24,25,26). The molecular formula is C22H27N5O. The quantitative estimate of drug-likeness (QED) is 0.607. The van der Waals surface area contributed by atoms with Gasteiger partial charge in [0.1, 0.15) is 5.75 Å². The zero-order valence-electron chi connectivity index (χ0n) is 16.8. The van der Waals surface area contributed by atoms with Crippen LogP contribution in [0.15, 0.2) is 60.8 Å². The molecule has 0 amide bonds. The third-order valence-corrected chi connectivity index (χ3v) is 4.16. The van der Waals surface area contributed by atoms with E-state index in [4.69, 9.17) is 9.72 Å². The molecule has 0 fully saturated rings. The van der Waals surface area contributed by atoms with Crippen LogP contribution in [0, 0.1) is 0 Å². The highest BCUT2D eigenvalue weighted by Crippen LogP contribution is 2.27. The second-order valence-electron chi connectivity index (χ2n) is 7.13. The summed E-state index contributed by atoms with van der Waals surface area (Å²) in [6.45, 7) is 9.04. The van der Waals surface area contributed by atoms with Crippen LogP contribution in [0.5, 0.6) is 5.75 Å². The normalized spacial score (nSPS) is 10.9. The van der Waals surface area contributed by atoms with Crippen molar-refractivity contribution in [2.75, 3.05) is 10.2 Å². The molecule has 0 aliphatic carbocycles. The van der Waals surface area contributed by atoms with E-state index in [2.05, 4.69) is 46.4 Å². The van der Waals surface area contributed by atoms with Crippen LogP contribution in [0.25, 0.3) is 0 Å². The molecule has 3 rings (SSSR count). The molecule has 1 aromatic heterocycles. The van der Waals surface area contributed by atoms with Crippen molar-refractivity contribution >= 4 is 17.5 Å². The van der Waals surface area contributed by atoms with Gasteiger partial charge in [0, 0.05) is 12.6 Å². The Hall–Kier alpha value is -3.15. The molecule has 0 unspecified atom stereocenters. The number of rotatable bonds is 8. The summed E-state index contributed by atoms with van der Waals surface area (Å²) in [7, 11) is 0. The van der Waals surface area contributed by atoms with E-state index in [1.165, 1.54) is 5.56 Å². The summed E-state index contributed by atoms with van der Waals surface area (Å²) in [6.07, 6.45) is 1.78. The first kappa shape index (κ1) is 19.6. The van der Waals surface area contributed by atoms with E-state index in [1.54, 1.807) is 6.20 Å². The van der Waals surface area contributed by atoms with E-state index in [-0.39, 0.29) is 12.1 Å². The maximum Gasteiger partial charge on any atom is 0.249 e. The summed E-state index contributed by atoms with van der Waals surface area (Å²) in [5, 5.41) is 11.5. The molecule has 0 atom stereocenters. The van der Waals surface area contributed by atoms with E-state index in [0.717, 1.165) is 23.8 Å². The van der Waals surface area contributed by atoms with Crippen LogP contribution < -0.4 is 15.0 Å². The molecule has 0 aliphatic heterocycles. The Kier molecular flexibility index (Phi) is 6.42. The molecule has 28 heavy (non-hydrogen) atoms. The van der Waals surface area contributed by atoms with Gasteiger partial charge in [-0.05, 0) is 45.4 Å². The maximum atomic E-state index is 5.86. The molecule has 6 nitrogen and oxygen atoms in total. The Labute approximate surface area is 166 Å². The number of hydrogen-bond acceptors (Lipinski definition) is 6. The molecule has 146 valence electrons. The highest BCUT2D eigenvalue weighted by atomic mass is 16.5. The van der Waals surface area contributed by atoms with Crippen molar-refractivity contribution in [1.29, 1.82) is 0 Å². The van der Waals surface area contributed by atoms with E-state index in [9.17, 15) is 0 Å². The molecular weight excluding hydrogens is 350 g/mol. The van der Waals surface area contributed by atoms with Gasteiger partial charge in [-0.15, -0.1) is 5.10 Å². The fourth-order valence-corrected chi connectivity index (χ4v) is 2.84. The van der Waals surface area contributed by atoms with E-state index >= 15 is 0 Å². The van der Waals surface area contributed by atoms with E-state index in [0.29, 0.717) is 5.95 Å². The van der Waals surface area contributed by atoms with Crippen molar-refractivity contribution in [3.8, 4) is 5.75 Å². The molecule has 0 saturated carbocycles. The Morgan fingerprint density at radius 2 is 1.68 bits per heavy atom. The van der Waals surface area contributed by atoms with Crippen LogP contribution in [0.1, 0.15) is 33.3 Å². The van der Waals surface area contributed by atoms with E-state index in [1.807, 2.05) is 56.3 Å². The van der Waals surface area contributed by atoms with Gasteiger partial charge in [-0.3, -0.25) is 0 Å². The molecule has 1 N–H and O–H groups in total. The largest absolute Gasteiger partial charge is 0.489 e. The van der Waals surface area contributed by atoms with Crippen LogP contribution in [0.3, 0.4) is 0 Å². The van der Waals surface area contributed by atoms with Crippen LogP contribution in [0.2, 0.25) is 0 Å². The summed E-state index contributed by atoms with van der Waals surface area (Å²) in [6, 6.07) is 18.4. The number of anilines is 3. The molecule has 0 saturated heterocycles. The third kappa shape index (κ3) is 5.19. The van der Waals surface area contributed by atoms with E-state index < -0.39 is 0 Å². The van der Waals surface area contributed by atoms with Crippen molar-refractivity contribution in [3.63, 3.8) is 0 Å². The Bertz CT molecular complexity index is 883. The van der Waals surface area contributed by atoms with Crippen molar-refractivity contribution in [2.24, 2.45) is 0 Å². The molecule has 0 aliphatic rings. The molecule has 3 aromatic rings. The second-order valence-corrected chi connectivity index (χ2v) is 7.13. The lowest BCUT2D eigenvalue weighted by molar-refractivity contribution is 0.244. The topological polar surface area (TPSA) is 63.2 Å². The lowest BCUT2D eigenvalue weighted by Gasteiger charge is -2.27. The molecule has 1 heterocycles. The molecule has 0 bridgehead atoms. The van der Waals surface area contributed by atoms with Gasteiger partial charge in [0.25, 0.3) is 0 Å². The highest BCUT2D eigenvalue weighted by molar-refractivity contribution is 5.62. The fraction of sp³-hybridized carbons (Fsp3) is 0.318. The zero-order chi connectivity index (χ0) is 19.9. The average Bonchev–Trinajstić information content (AvgIpc) is 2.68. The fourth-order valence-electron chi connectivity index (χ4n) is 2.84. The summed E-state index contributed by atoms with van der Waals surface area (Å²) in [5.74, 6) is 1.98. The number of aromatic nitrogens is 3. The van der Waals surface area contributed by atoms with Crippen LogP contribution in [-0.2, 0) is 6.54 Å². The van der Waals surface area contributed by atoms with Crippen molar-refractivity contribution in [1.82, 2.24) is 15.2 Å². The molecule has 0 spiro atoms. The van der Waals surface area contributed by atoms with Gasteiger partial charge in [-0.2, -0.15) is 10.1 Å². The first-order valence-electron chi connectivity index (χ1n) is 9.56. The molecule has 0 radical (unpaired) electrons. The smallest absolute Gasteiger partial charge is 0.249 e. The minimum Gasteiger partial charge on any atom is -0.489 e. The minimum atomic E-state index is 0.0793. The SMILES string of the molecule is CC(C)Oc1ccccc1Nc1nncc(N(Cc2ccccc2)C(C)C)n1. The molecule has 6 heteroatoms. The van der Waals surface area contributed by atoms with Gasteiger partial charge in [0.05, 0.1) is 18.0 Å². The second kappa shape index (κ2) is 9.17. The third-order valence-electron chi connectivity index (χ3n) is 4.16. The van der Waals surface area contributed by atoms with Crippen LogP contribution in [0.4, 0.5) is 17.5 Å². The minimum absolute atomic E-state index is 0.0793. The first-order valence-corrected chi connectivity index (χ1v) is 9.56. The first-order chi connectivity index (χ1) is 13.5. The van der Waals surface area contributed by atoms with Crippen LogP contribution in [-0.4, -0.2) is 27.3 Å². The number of benzene rings is 2. The number of nitrogens with one attached hydrogen (secondary N) is 1. The zero-order valence-corrected chi connectivity index (χ0v) is 16.8. The summed E-state index contributed by atoms with van der Waals surface area (Å²) < 4.78 is 5.86. The summed E-state index contributed by atoms with van der Waals surface area (Å²) in [5.41, 5.74) is 2.04. The van der Waals surface area contributed by atoms with Gasteiger partial charge in [-0.25, -0.2) is 0 Å². The van der Waals surface area contributed by atoms with Crippen LogP contribution >= 0.6 is 0 Å². The number of ether oxygens (including phenoxy) is 1. The van der Waals surface area contributed by atoms with Crippen molar-refractivity contribution < 1.29 is 4.74 Å². The Morgan fingerprint density at radius 3 is 2.39 bits per heavy atom. The predicted octanol–water partition coefficient (Wildman–Crippen LogP) is 4.82. The summed E-state index contributed by atoms with van der Waals surface area (Å²) in [4.78, 5) is 6.89. The average molecular weight is 377 g/mol.